The largest absolute Gasteiger partial charge is 0.307 e. The molecule has 4 heteroatoms. The van der Waals surface area contributed by atoms with E-state index in [0.717, 1.165) is 25.7 Å². The Balaban J connectivity index is 1.31. The Hall–Kier alpha value is -5.73. The average Bonchev–Trinajstić information content (AvgIpc) is 3.25. The van der Waals surface area contributed by atoms with E-state index in [1.54, 1.807) is 0 Å². The molecule has 0 amide bonds. The van der Waals surface area contributed by atoms with Gasteiger partial charge in [-0.2, -0.15) is 0 Å². The Morgan fingerprint density at radius 2 is 1.03 bits per heavy atom. The van der Waals surface area contributed by atoms with Gasteiger partial charge in [-0.3, -0.25) is 0 Å². The van der Waals surface area contributed by atoms with E-state index in [1.165, 1.54) is 159 Å². The van der Waals surface area contributed by atoms with E-state index in [9.17, 15) is 0 Å². The summed E-state index contributed by atoms with van der Waals surface area (Å²) in [5.74, 6) is 0. The fourth-order valence-electron chi connectivity index (χ4n) is 12.5. The van der Waals surface area contributed by atoms with Crippen LogP contribution in [0.2, 0.25) is 0 Å². The number of allylic oxidation sites excluding steroid dienone is 1. The van der Waals surface area contributed by atoms with E-state index in [1.807, 2.05) is 0 Å². The number of aryl methyl sites for hydroxylation is 8. The van der Waals surface area contributed by atoms with Crippen LogP contribution in [0.3, 0.4) is 0 Å². The summed E-state index contributed by atoms with van der Waals surface area (Å²) < 4.78 is 0. The summed E-state index contributed by atoms with van der Waals surface area (Å²) in [7, 11) is 0. The van der Waals surface area contributed by atoms with Crippen molar-refractivity contribution in [1.82, 2.24) is 0 Å². The van der Waals surface area contributed by atoms with Crippen LogP contribution in [-0.2, 0) is 19.3 Å². The number of rotatable bonds is 8. The molecule has 0 aromatic heterocycles. The molecule has 306 valence electrons. The first-order valence-corrected chi connectivity index (χ1v) is 23.6. The van der Waals surface area contributed by atoms with Gasteiger partial charge in [-0.1, -0.05) is 156 Å². The van der Waals surface area contributed by atoms with Gasteiger partial charge < -0.3 is 9.80 Å². The first-order valence-electron chi connectivity index (χ1n) is 23.6. The van der Waals surface area contributed by atoms with E-state index in [4.69, 9.17) is 0 Å². The molecule has 7 aromatic rings. The average molecular weight is 805 g/mol. The van der Waals surface area contributed by atoms with Crippen LogP contribution in [-0.4, -0.2) is 13.4 Å². The van der Waals surface area contributed by atoms with Crippen molar-refractivity contribution in [2.24, 2.45) is 0 Å². The molecule has 2 nitrogen and oxygen atoms in total. The highest BCUT2D eigenvalue weighted by molar-refractivity contribution is 7.01. The minimum atomic E-state index is 0.0770. The maximum absolute atomic E-state index is 2.74. The number of fused-ring (bicyclic) bond motifs is 10. The minimum absolute atomic E-state index is 0.0770. The molecule has 3 aliphatic heterocycles. The zero-order chi connectivity index (χ0) is 42.6. The van der Waals surface area contributed by atoms with Gasteiger partial charge in [-0.25, -0.2) is 0 Å². The van der Waals surface area contributed by atoms with Crippen LogP contribution in [0.25, 0.3) is 16.8 Å². The molecule has 11 rings (SSSR count). The predicted octanol–water partition coefficient (Wildman–Crippen LogP) is 11.2. The summed E-state index contributed by atoms with van der Waals surface area (Å²) >= 11 is 0. The van der Waals surface area contributed by atoms with Crippen molar-refractivity contribution in [3.63, 3.8) is 0 Å². The van der Waals surface area contributed by atoms with E-state index in [0.29, 0.717) is 0 Å². The smallest absolute Gasteiger partial charge is 0.248 e. The second kappa shape index (κ2) is 15.0. The van der Waals surface area contributed by atoms with Gasteiger partial charge in [-0.15, -0.1) is 0 Å². The second-order valence-electron chi connectivity index (χ2n) is 19.2. The number of unbranched alkanes of at least 4 members (excludes halogenated alkanes) is 2. The third-order valence-electron chi connectivity index (χ3n) is 14.8. The highest BCUT2D eigenvalue weighted by atomic mass is 15.3. The lowest BCUT2D eigenvalue weighted by atomic mass is 9.32. The third kappa shape index (κ3) is 5.85. The normalized spacial score (nSPS) is 14.2. The Kier molecular flexibility index (Phi) is 9.45. The molecule has 62 heavy (non-hydrogen) atoms. The standard InChI is InChI=1S/C58H58B2N2/c1-9-11-17-41-23-25-49-47(31-41)59(53-37(5)27-35(3)28-38(53)6)55-45-21-15-13-19-43(45)34-52-57(55)61(49)51-33-44-20-14-16-22-46(44)56-58(51)62(52)50-26-24-42(18-12-10-2)32-48(50)60(56)54-39(7)29-36(4)30-40(54)8/h13-15,19-21,23-34H,9-12,16-18,22H2,1-8H3. The molecule has 0 fully saturated rings. The SMILES string of the molecule is CCCCc1ccc2c(c1)B(c1c(C)cc(C)cc1C)c1c3c(cc4c1N2c1cc2ccccc2c2c1N4c1ccc(CCCC)cc1B2c1c(C)cc(C)cc1C)C=CCC3. The maximum atomic E-state index is 2.74. The Labute approximate surface area is 370 Å². The first kappa shape index (κ1) is 39.1. The number of hydrogen-bond donors (Lipinski definition) is 0. The number of anilines is 6. The summed E-state index contributed by atoms with van der Waals surface area (Å²) in [6.45, 7) is 18.8. The lowest BCUT2D eigenvalue weighted by Gasteiger charge is -2.50. The van der Waals surface area contributed by atoms with Gasteiger partial charge in [0.25, 0.3) is 0 Å². The Morgan fingerprint density at radius 3 is 1.60 bits per heavy atom. The van der Waals surface area contributed by atoms with Crippen molar-refractivity contribution in [3.05, 3.63) is 159 Å². The molecule has 0 saturated carbocycles. The summed E-state index contributed by atoms with van der Waals surface area (Å²) in [4.78, 5) is 5.47. The summed E-state index contributed by atoms with van der Waals surface area (Å²) in [6, 6.07) is 39.2. The van der Waals surface area contributed by atoms with Gasteiger partial charge in [-0.05, 0) is 159 Å². The van der Waals surface area contributed by atoms with Crippen molar-refractivity contribution in [1.29, 1.82) is 0 Å². The van der Waals surface area contributed by atoms with Gasteiger partial charge >= 0.3 is 0 Å². The molecule has 0 bridgehead atoms. The summed E-state index contributed by atoms with van der Waals surface area (Å²) in [5, 5.41) is 2.65. The van der Waals surface area contributed by atoms with Crippen LogP contribution in [0, 0.1) is 41.5 Å². The van der Waals surface area contributed by atoms with E-state index < -0.39 is 0 Å². The Morgan fingerprint density at radius 1 is 0.516 bits per heavy atom. The van der Waals surface area contributed by atoms with Crippen LogP contribution in [0.5, 0.6) is 0 Å². The molecule has 0 N–H and O–H groups in total. The Bertz CT molecular complexity index is 3000. The summed E-state index contributed by atoms with van der Waals surface area (Å²) in [6.07, 6.45) is 13.9. The quantitative estimate of drug-likeness (QED) is 0.141. The van der Waals surface area contributed by atoms with Gasteiger partial charge in [0.15, 0.2) is 0 Å². The molecule has 3 heterocycles. The lowest BCUT2D eigenvalue weighted by Crippen LogP contribution is -2.62. The van der Waals surface area contributed by atoms with Crippen LogP contribution < -0.4 is 42.6 Å². The fraction of sp³-hybridized carbons (Fsp3) is 0.276. The van der Waals surface area contributed by atoms with E-state index in [-0.39, 0.29) is 13.4 Å². The first-order chi connectivity index (χ1) is 30.2. The highest BCUT2D eigenvalue weighted by Gasteiger charge is 2.49. The second-order valence-corrected chi connectivity index (χ2v) is 19.2. The van der Waals surface area contributed by atoms with Crippen molar-refractivity contribution >= 4 is 97.2 Å². The minimum Gasteiger partial charge on any atom is -0.307 e. The zero-order valence-electron chi connectivity index (χ0n) is 38.1. The van der Waals surface area contributed by atoms with Crippen LogP contribution in [0.15, 0.2) is 103 Å². The van der Waals surface area contributed by atoms with E-state index in [2.05, 4.69) is 174 Å². The fourth-order valence-corrected chi connectivity index (χ4v) is 12.5. The van der Waals surface area contributed by atoms with Crippen LogP contribution >= 0.6 is 0 Å². The van der Waals surface area contributed by atoms with Crippen LogP contribution in [0.1, 0.15) is 102 Å². The molecule has 0 saturated heterocycles. The number of hydrogen-bond acceptors (Lipinski definition) is 2. The molecule has 0 radical (unpaired) electrons. The maximum Gasteiger partial charge on any atom is 0.248 e. The number of nitrogens with zero attached hydrogens (tertiary/aromatic N) is 2. The molecular weight excluding hydrogens is 746 g/mol. The molecule has 1 aliphatic carbocycles. The zero-order valence-corrected chi connectivity index (χ0v) is 38.1. The summed E-state index contributed by atoms with van der Waals surface area (Å²) in [5.41, 5.74) is 30.7. The number of benzene rings is 7. The molecule has 7 aromatic carbocycles. The molecule has 0 unspecified atom stereocenters. The predicted molar refractivity (Wildman–Crippen MR) is 272 cm³/mol. The third-order valence-corrected chi connectivity index (χ3v) is 14.8. The van der Waals surface area contributed by atoms with Gasteiger partial charge in [0, 0.05) is 11.4 Å². The topological polar surface area (TPSA) is 6.48 Å². The highest BCUT2D eigenvalue weighted by Crippen LogP contribution is 2.57. The van der Waals surface area contributed by atoms with Gasteiger partial charge in [0.2, 0.25) is 13.4 Å². The van der Waals surface area contributed by atoms with Gasteiger partial charge in [0.05, 0.1) is 22.7 Å². The van der Waals surface area contributed by atoms with Crippen molar-refractivity contribution in [2.45, 2.75) is 107 Å². The lowest BCUT2D eigenvalue weighted by molar-refractivity contribution is 0.795. The van der Waals surface area contributed by atoms with E-state index >= 15 is 0 Å². The van der Waals surface area contributed by atoms with Crippen LogP contribution in [0.4, 0.5) is 34.1 Å². The molecule has 0 spiro atoms. The monoisotopic (exact) mass is 804 g/mol. The van der Waals surface area contributed by atoms with Crippen molar-refractivity contribution < 1.29 is 0 Å². The molecular formula is C58H58B2N2. The molecule has 4 aliphatic rings. The van der Waals surface area contributed by atoms with Gasteiger partial charge in [0.1, 0.15) is 0 Å². The van der Waals surface area contributed by atoms with Crippen molar-refractivity contribution in [3.8, 4) is 0 Å². The molecule has 0 atom stereocenters. The van der Waals surface area contributed by atoms with Crippen molar-refractivity contribution in [2.75, 3.05) is 9.80 Å².